The smallest absolute Gasteiger partial charge is 0.251 e. The lowest BCUT2D eigenvalue weighted by Crippen LogP contribution is -2.43. The molecule has 1 amide bonds. The Hall–Kier alpha value is -2.14. The van der Waals surface area contributed by atoms with E-state index in [-0.39, 0.29) is 11.9 Å². The number of fused-ring (bicyclic) bond motifs is 1. The summed E-state index contributed by atoms with van der Waals surface area (Å²) in [6.45, 7) is 6.53. The van der Waals surface area contributed by atoms with E-state index in [1.807, 2.05) is 37.3 Å². The maximum absolute atomic E-state index is 12.9. The van der Waals surface area contributed by atoms with Crippen LogP contribution >= 0.6 is 15.9 Å². The van der Waals surface area contributed by atoms with Crippen molar-refractivity contribution in [1.29, 1.82) is 0 Å². The second-order valence-electron chi connectivity index (χ2n) is 8.02. The van der Waals surface area contributed by atoms with E-state index in [1.54, 1.807) is 0 Å². The van der Waals surface area contributed by atoms with Crippen LogP contribution in [0.15, 0.2) is 46.9 Å². The molecule has 0 radical (unpaired) electrons. The number of aromatic nitrogens is 2. The molecule has 1 N–H and O–H groups in total. The summed E-state index contributed by atoms with van der Waals surface area (Å²) in [4.78, 5) is 17.6. The van der Waals surface area contributed by atoms with Crippen molar-refractivity contribution in [3.05, 3.63) is 58.3 Å². The van der Waals surface area contributed by atoms with E-state index in [2.05, 4.69) is 51.8 Å². The third-order valence-corrected chi connectivity index (χ3v) is 6.72. The lowest BCUT2D eigenvalue weighted by atomic mass is 9.78. The molecule has 146 valence electrons. The van der Waals surface area contributed by atoms with Gasteiger partial charge in [-0.15, -0.1) is 0 Å². The van der Waals surface area contributed by atoms with Gasteiger partial charge in [0.2, 0.25) is 0 Å². The fourth-order valence-electron chi connectivity index (χ4n) is 4.30. The summed E-state index contributed by atoms with van der Waals surface area (Å²) in [5.41, 5.74) is 3.60. The van der Waals surface area contributed by atoms with Crippen molar-refractivity contribution >= 4 is 32.9 Å². The molecule has 5 heteroatoms. The van der Waals surface area contributed by atoms with Gasteiger partial charge in [0.25, 0.3) is 5.91 Å². The van der Waals surface area contributed by atoms with Crippen molar-refractivity contribution in [2.75, 3.05) is 0 Å². The average molecular weight is 440 g/mol. The molecule has 3 aromatic rings. The van der Waals surface area contributed by atoms with E-state index >= 15 is 0 Å². The molecule has 0 spiro atoms. The Labute approximate surface area is 174 Å². The van der Waals surface area contributed by atoms with Gasteiger partial charge in [0, 0.05) is 21.8 Å². The van der Waals surface area contributed by atoms with Crippen LogP contribution in [-0.4, -0.2) is 21.5 Å². The zero-order valence-electron chi connectivity index (χ0n) is 16.6. The van der Waals surface area contributed by atoms with Crippen LogP contribution in [0.25, 0.3) is 16.7 Å². The monoisotopic (exact) mass is 439 g/mol. The van der Waals surface area contributed by atoms with Gasteiger partial charge in [-0.05, 0) is 67.6 Å². The number of hydrogen-bond donors (Lipinski definition) is 1. The Morgan fingerprint density at radius 2 is 1.89 bits per heavy atom. The molecule has 1 aliphatic rings. The molecule has 0 unspecified atom stereocenters. The van der Waals surface area contributed by atoms with Crippen molar-refractivity contribution in [1.82, 2.24) is 14.9 Å². The zero-order valence-corrected chi connectivity index (χ0v) is 18.2. The van der Waals surface area contributed by atoms with E-state index in [1.165, 1.54) is 12.8 Å². The standard InChI is InChI=1S/C23H26BrN3O/c1-14-5-4-6-20(15(14)2)26-23(28)17-7-12-22-21(13-17)25-16(3)27(22)19-10-8-18(24)9-11-19/h7-15,20H,4-6H2,1-3H3,(H,26,28)/t14-,15-,20-/m1/s1. The minimum Gasteiger partial charge on any atom is -0.349 e. The second-order valence-corrected chi connectivity index (χ2v) is 8.94. The first-order chi connectivity index (χ1) is 13.4. The molecule has 0 saturated heterocycles. The molecule has 0 bridgehead atoms. The summed E-state index contributed by atoms with van der Waals surface area (Å²) in [6.07, 6.45) is 3.51. The van der Waals surface area contributed by atoms with Gasteiger partial charge in [-0.3, -0.25) is 9.36 Å². The Morgan fingerprint density at radius 3 is 2.64 bits per heavy atom. The first kappa shape index (κ1) is 19.2. The van der Waals surface area contributed by atoms with Crippen LogP contribution in [0.1, 0.15) is 49.3 Å². The predicted molar refractivity (Wildman–Crippen MR) is 117 cm³/mol. The van der Waals surface area contributed by atoms with Crippen LogP contribution in [0.2, 0.25) is 0 Å². The van der Waals surface area contributed by atoms with Crippen LogP contribution in [-0.2, 0) is 0 Å². The molecule has 1 heterocycles. The number of amides is 1. The minimum atomic E-state index is 0.00342. The number of aryl methyl sites for hydroxylation is 1. The molecule has 4 rings (SSSR count). The van der Waals surface area contributed by atoms with Crippen LogP contribution in [0, 0.1) is 18.8 Å². The van der Waals surface area contributed by atoms with E-state index in [9.17, 15) is 4.79 Å². The van der Waals surface area contributed by atoms with Crippen molar-refractivity contribution in [3.63, 3.8) is 0 Å². The minimum absolute atomic E-state index is 0.00342. The van der Waals surface area contributed by atoms with Gasteiger partial charge in [-0.2, -0.15) is 0 Å². The van der Waals surface area contributed by atoms with Gasteiger partial charge in [0.15, 0.2) is 0 Å². The van der Waals surface area contributed by atoms with E-state index in [0.717, 1.165) is 33.4 Å². The van der Waals surface area contributed by atoms with E-state index in [0.29, 0.717) is 17.4 Å². The van der Waals surface area contributed by atoms with Crippen molar-refractivity contribution in [2.24, 2.45) is 11.8 Å². The summed E-state index contributed by atoms with van der Waals surface area (Å²) in [7, 11) is 0. The van der Waals surface area contributed by atoms with Gasteiger partial charge in [-0.25, -0.2) is 4.98 Å². The van der Waals surface area contributed by atoms with E-state index < -0.39 is 0 Å². The normalized spacial score (nSPS) is 22.4. The Kier molecular flexibility index (Phi) is 5.28. The third-order valence-electron chi connectivity index (χ3n) is 6.19. The summed E-state index contributed by atoms with van der Waals surface area (Å²) >= 11 is 3.48. The van der Waals surface area contributed by atoms with Gasteiger partial charge in [0.05, 0.1) is 11.0 Å². The fraction of sp³-hybridized carbons (Fsp3) is 0.391. The molecule has 2 aromatic carbocycles. The lowest BCUT2D eigenvalue weighted by Gasteiger charge is -2.34. The molecule has 1 aliphatic carbocycles. The number of imidazole rings is 1. The van der Waals surface area contributed by atoms with E-state index in [4.69, 9.17) is 4.98 Å². The fourth-order valence-corrected chi connectivity index (χ4v) is 4.56. The largest absolute Gasteiger partial charge is 0.349 e. The number of nitrogens with one attached hydrogen (secondary N) is 1. The highest BCUT2D eigenvalue weighted by Gasteiger charge is 2.28. The molecule has 1 aromatic heterocycles. The molecule has 1 fully saturated rings. The Balaban J connectivity index is 1.62. The molecule has 0 aliphatic heterocycles. The summed E-state index contributed by atoms with van der Waals surface area (Å²) in [6, 6.07) is 14.2. The summed E-state index contributed by atoms with van der Waals surface area (Å²) in [5, 5.41) is 3.26. The van der Waals surface area contributed by atoms with Gasteiger partial charge < -0.3 is 5.32 Å². The quantitative estimate of drug-likeness (QED) is 0.572. The number of nitrogens with zero attached hydrogens (tertiary/aromatic N) is 2. The Bertz CT molecular complexity index is 1010. The number of rotatable bonds is 3. The molecule has 28 heavy (non-hydrogen) atoms. The number of benzene rings is 2. The maximum atomic E-state index is 12.9. The van der Waals surface area contributed by atoms with Crippen LogP contribution in [0.5, 0.6) is 0 Å². The van der Waals surface area contributed by atoms with Crippen LogP contribution in [0.3, 0.4) is 0 Å². The SMILES string of the molecule is Cc1nc2cc(C(=O)N[C@@H]3CCC[C@@H](C)[C@H]3C)ccc2n1-c1ccc(Br)cc1. The number of carbonyl (C=O) groups excluding carboxylic acids is 1. The van der Waals surface area contributed by atoms with Gasteiger partial charge in [-0.1, -0.05) is 42.6 Å². The number of carbonyl (C=O) groups is 1. The highest BCUT2D eigenvalue weighted by atomic mass is 79.9. The average Bonchev–Trinajstić information content (AvgIpc) is 3.01. The molecular formula is C23H26BrN3O. The summed E-state index contributed by atoms with van der Waals surface area (Å²) in [5.74, 6) is 2.08. The topological polar surface area (TPSA) is 46.9 Å². The van der Waals surface area contributed by atoms with Crippen molar-refractivity contribution in [3.8, 4) is 5.69 Å². The summed E-state index contributed by atoms with van der Waals surface area (Å²) < 4.78 is 3.16. The maximum Gasteiger partial charge on any atom is 0.251 e. The first-order valence-corrected chi connectivity index (χ1v) is 10.8. The number of halogens is 1. The lowest BCUT2D eigenvalue weighted by molar-refractivity contribution is 0.0891. The number of hydrogen-bond acceptors (Lipinski definition) is 2. The van der Waals surface area contributed by atoms with Gasteiger partial charge in [0.1, 0.15) is 5.82 Å². The second kappa shape index (κ2) is 7.70. The highest BCUT2D eigenvalue weighted by Crippen LogP contribution is 2.30. The predicted octanol–water partition coefficient (Wildman–Crippen LogP) is 5.65. The van der Waals surface area contributed by atoms with Crippen LogP contribution < -0.4 is 5.32 Å². The zero-order chi connectivity index (χ0) is 19.8. The highest BCUT2D eigenvalue weighted by molar-refractivity contribution is 9.10. The van der Waals surface area contributed by atoms with Gasteiger partial charge >= 0.3 is 0 Å². The van der Waals surface area contributed by atoms with Crippen molar-refractivity contribution < 1.29 is 4.79 Å². The molecule has 4 nitrogen and oxygen atoms in total. The molecule has 3 atom stereocenters. The van der Waals surface area contributed by atoms with Crippen molar-refractivity contribution in [2.45, 2.75) is 46.1 Å². The third kappa shape index (κ3) is 3.60. The Morgan fingerprint density at radius 1 is 1.14 bits per heavy atom. The first-order valence-electron chi connectivity index (χ1n) is 10.00. The van der Waals surface area contributed by atoms with Crippen LogP contribution in [0.4, 0.5) is 0 Å². The molecule has 1 saturated carbocycles. The molecular weight excluding hydrogens is 414 g/mol.